The van der Waals surface area contributed by atoms with Crippen molar-refractivity contribution in [2.45, 2.75) is 17.4 Å². The first kappa shape index (κ1) is 16.5. The van der Waals surface area contributed by atoms with Crippen molar-refractivity contribution in [1.82, 2.24) is 4.31 Å². The van der Waals surface area contributed by atoms with Crippen LogP contribution >= 0.6 is 0 Å². The minimum absolute atomic E-state index is 0.126. The monoisotopic (exact) mass is 346 g/mol. The van der Waals surface area contributed by atoms with Gasteiger partial charge >= 0.3 is 0 Å². The summed E-state index contributed by atoms with van der Waals surface area (Å²) in [4.78, 5) is 12.5. The lowest BCUT2D eigenvalue weighted by atomic mass is 10.1. The van der Waals surface area contributed by atoms with Crippen molar-refractivity contribution < 1.29 is 17.9 Å². The van der Waals surface area contributed by atoms with Gasteiger partial charge in [0, 0.05) is 26.2 Å². The maximum atomic E-state index is 12.4. The Morgan fingerprint density at radius 1 is 1.17 bits per heavy atom. The molecule has 0 aliphatic carbocycles. The first-order chi connectivity index (χ1) is 11.4. The van der Waals surface area contributed by atoms with Crippen molar-refractivity contribution in [3.63, 3.8) is 0 Å². The highest BCUT2D eigenvalue weighted by Crippen LogP contribution is 2.28. The van der Waals surface area contributed by atoms with E-state index in [0.29, 0.717) is 17.9 Å². The zero-order valence-corrected chi connectivity index (χ0v) is 14.2. The van der Waals surface area contributed by atoms with E-state index >= 15 is 0 Å². The molecular formula is C17H18N2O4S. The molecule has 7 heteroatoms. The molecule has 3 rings (SSSR count). The SMILES string of the molecule is CN(C)S(=O)(=O)c1cccc(NC(=O)C2Cc3ccccc3O2)c1. The number of rotatable bonds is 4. The number of carbonyl (C=O) groups is 1. The van der Waals surface area contributed by atoms with Gasteiger partial charge in [-0.25, -0.2) is 12.7 Å². The first-order valence-corrected chi connectivity index (χ1v) is 8.90. The van der Waals surface area contributed by atoms with Crippen molar-refractivity contribution in [1.29, 1.82) is 0 Å². The van der Waals surface area contributed by atoms with Crippen LogP contribution < -0.4 is 10.1 Å². The molecule has 1 aliphatic heterocycles. The summed E-state index contributed by atoms with van der Waals surface area (Å²) in [6, 6.07) is 13.7. The van der Waals surface area contributed by atoms with Crippen molar-refractivity contribution in [2.24, 2.45) is 0 Å². The van der Waals surface area contributed by atoms with Crippen molar-refractivity contribution in [2.75, 3.05) is 19.4 Å². The average molecular weight is 346 g/mol. The molecule has 1 aliphatic rings. The van der Waals surface area contributed by atoms with Crippen molar-refractivity contribution in [3.8, 4) is 5.75 Å². The number of fused-ring (bicyclic) bond motifs is 1. The number of hydrogen-bond acceptors (Lipinski definition) is 4. The van der Waals surface area contributed by atoms with Gasteiger partial charge in [0.05, 0.1) is 4.90 Å². The van der Waals surface area contributed by atoms with Gasteiger partial charge in [0.2, 0.25) is 10.0 Å². The van der Waals surface area contributed by atoms with Crippen LogP contribution in [0.15, 0.2) is 53.4 Å². The quantitative estimate of drug-likeness (QED) is 0.917. The Morgan fingerprint density at radius 3 is 2.62 bits per heavy atom. The Labute approximate surface area is 141 Å². The van der Waals surface area contributed by atoms with Gasteiger partial charge < -0.3 is 10.1 Å². The maximum Gasteiger partial charge on any atom is 0.265 e. The number of ether oxygens (including phenoxy) is 1. The molecule has 2 aromatic rings. The smallest absolute Gasteiger partial charge is 0.265 e. The van der Waals surface area contributed by atoms with Crippen molar-refractivity contribution in [3.05, 3.63) is 54.1 Å². The van der Waals surface area contributed by atoms with Gasteiger partial charge in [0.15, 0.2) is 6.10 Å². The van der Waals surface area contributed by atoms with E-state index in [9.17, 15) is 13.2 Å². The predicted molar refractivity (Wildman–Crippen MR) is 90.5 cm³/mol. The molecule has 1 atom stereocenters. The highest BCUT2D eigenvalue weighted by molar-refractivity contribution is 7.89. The summed E-state index contributed by atoms with van der Waals surface area (Å²) in [5.74, 6) is 0.409. The summed E-state index contributed by atoms with van der Waals surface area (Å²) in [5, 5.41) is 2.72. The second kappa shape index (κ2) is 6.26. The number of benzene rings is 2. The van der Waals surface area contributed by atoms with E-state index in [1.165, 1.54) is 26.2 Å². The summed E-state index contributed by atoms with van der Waals surface area (Å²) >= 11 is 0. The fourth-order valence-corrected chi connectivity index (χ4v) is 3.44. The Morgan fingerprint density at radius 2 is 1.92 bits per heavy atom. The molecule has 24 heavy (non-hydrogen) atoms. The van der Waals surface area contributed by atoms with Crippen LogP contribution in [-0.2, 0) is 21.2 Å². The fraction of sp³-hybridized carbons (Fsp3) is 0.235. The molecule has 6 nitrogen and oxygen atoms in total. The second-order valence-corrected chi connectivity index (χ2v) is 7.87. The molecule has 0 aromatic heterocycles. The highest BCUT2D eigenvalue weighted by atomic mass is 32.2. The number of nitrogens with one attached hydrogen (secondary N) is 1. The number of carbonyl (C=O) groups excluding carboxylic acids is 1. The van der Waals surface area contributed by atoms with Crippen LogP contribution in [0.5, 0.6) is 5.75 Å². The van der Waals surface area contributed by atoms with Gasteiger partial charge in [-0.1, -0.05) is 24.3 Å². The summed E-state index contributed by atoms with van der Waals surface area (Å²) in [6.07, 6.45) is -0.117. The van der Waals surface area contributed by atoms with Gasteiger partial charge in [0.1, 0.15) is 5.75 Å². The molecule has 1 unspecified atom stereocenters. The molecule has 0 bridgehead atoms. The Bertz CT molecular complexity index is 853. The van der Waals surface area contributed by atoms with Gasteiger partial charge in [-0.15, -0.1) is 0 Å². The van der Waals surface area contributed by atoms with E-state index in [0.717, 1.165) is 9.87 Å². The van der Waals surface area contributed by atoms with Crippen LogP contribution in [0.3, 0.4) is 0 Å². The molecule has 0 radical (unpaired) electrons. The normalized spacial score (nSPS) is 16.5. The highest BCUT2D eigenvalue weighted by Gasteiger charge is 2.29. The van der Waals surface area contributed by atoms with Gasteiger partial charge in [0.25, 0.3) is 5.91 Å². The van der Waals surface area contributed by atoms with E-state index < -0.39 is 16.1 Å². The Hall–Kier alpha value is -2.38. The van der Waals surface area contributed by atoms with E-state index in [4.69, 9.17) is 4.74 Å². The predicted octanol–water partition coefficient (Wildman–Crippen LogP) is 1.88. The summed E-state index contributed by atoms with van der Waals surface area (Å²) < 4.78 is 31.1. The molecule has 0 saturated heterocycles. The van der Waals surface area contributed by atoms with Gasteiger partial charge in [-0.3, -0.25) is 4.79 Å². The number of hydrogen-bond donors (Lipinski definition) is 1. The van der Waals surface area contributed by atoms with Crippen LogP contribution in [-0.4, -0.2) is 38.8 Å². The molecular weight excluding hydrogens is 328 g/mol. The third kappa shape index (κ3) is 3.13. The molecule has 1 heterocycles. The molecule has 0 spiro atoms. The van der Waals surface area contributed by atoms with Crippen LogP contribution in [0.4, 0.5) is 5.69 Å². The lowest BCUT2D eigenvalue weighted by Crippen LogP contribution is -2.31. The molecule has 126 valence electrons. The van der Waals surface area contributed by atoms with Crippen molar-refractivity contribution >= 4 is 21.6 Å². The van der Waals surface area contributed by atoms with E-state index in [2.05, 4.69) is 5.32 Å². The van der Waals surface area contributed by atoms with E-state index in [-0.39, 0.29) is 10.8 Å². The molecule has 0 saturated carbocycles. The lowest BCUT2D eigenvalue weighted by molar-refractivity contribution is -0.122. The first-order valence-electron chi connectivity index (χ1n) is 7.46. The largest absolute Gasteiger partial charge is 0.480 e. The van der Waals surface area contributed by atoms with Crippen LogP contribution in [0.25, 0.3) is 0 Å². The third-order valence-electron chi connectivity index (χ3n) is 3.82. The van der Waals surface area contributed by atoms with Crippen LogP contribution in [0.2, 0.25) is 0 Å². The molecule has 1 amide bonds. The number of para-hydroxylation sites is 1. The molecule has 1 N–H and O–H groups in total. The number of sulfonamides is 1. The second-order valence-electron chi connectivity index (χ2n) is 5.72. The number of nitrogens with zero attached hydrogens (tertiary/aromatic N) is 1. The Balaban J connectivity index is 1.75. The zero-order valence-electron chi connectivity index (χ0n) is 13.4. The van der Waals surface area contributed by atoms with Crippen LogP contribution in [0.1, 0.15) is 5.56 Å². The fourth-order valence-electron chi connectivity index (χ4n) is 2.50. The minimum Gasteiger partial charge on any atom is -0.480 e. The van der Waals surface area contributed by atoms with Gasteiger partial charge in [-0.05, 0) is 29.8 Å². The zero-order chi connectivity index (χ0) is 17.3. The van der Waals surface area contributed by atoms with Gasteiger partial charge in [-0.2, -0.15) is 0 Å². The number of amides is 1. The summed E-state index contributed by atoms with van der Waals surface area (Å²) in [7, 11) is -0.622. The van der Waals surface area contributed by atoms with E-state index in [1.54, 1.807) is 12.1 Å². The Kier molecular flexibility index (Phi) is 4.29. The third-order valence-corrected chi connectivity index (χ3v) is 5.63. The maximum absolute atomic E-state index is 12.4. The summed E-state index contributed by atoms with van der Waals surface area (Å²) in [5.41, 5.74) is 1.41. The minimum atomic E-state index is -3.55. The average Bonchev–Trinajstić information content (AvgIpc) is 2.99. The lowest BCUT2D eigenvalue weighted by Gasteiger charge is -2.14. The standard InChI is InChI=1S/C17H18N2O4S/c1-19(2)24(21,22)14-8-5-7-13(11-14)18-17(20)16-10-12-6-3-4-9-15(12)23-16/h3-9,11,16H,10H2,1-2H3,(H,18,20). The van der Waals surface area contributed by atoms with E-state index in [1.807, 2.05) is 24.3 Å². The van der Waals surface area contributed by atoms with Crippen LogP contribution in [0, 0.1) is 0 Å². The number of anilines is 1. The summed E-state index contributed by atoms with van der Waals surface area (Å²) in [6.45, 7) is 0. The molecule has 0 fully saturated rings. The molecule has 2 aromatic carbocycles. The topological polar surface area (TPSA) is 75.7 Å².